The minimum atomic E-state index is 0.445. The van der Waals surface area contributed by atoms with Gasteiger partial charge < -0.3 is 4.74 Å². The SMILES string of the molecule is N#Cc1ncc(OCc2ccccc2)cc1Cc1ccccc1. The van der Waals surface area contributed by atoms with E-state index < -0.39 is 0 Å². The van der Waals surface area contributed by atoms with Crippen LogP contribution in [-0.2, 0) is 13.0 Å². The number of rotatable bonds is 5. The highest BCUT2D eigenvalue weighted by Crippen LogP contribution is 2.19. The summed E-state index contributed by atoms with van der Waals surface area (Å²) in [6, 6.07) is 24.1. The van der Waals surface area contributed by atoms with Crippen molar-refractivity contribution in [2.45, 2.75) is 13.0 Å². The van der Waals surface area contributed by atoms with E-state index in [1.807, 2.05) is 66.7 Å². The molecule has 23 heavy (non-hydrogen) atoms. The minimum Gasteiger partial charge on any atom is -0.487 e. The van der Waals surface area contributed by atoms with Gasteiger partial charge in [-0.2, -0.15) is 5.26 Å². The lowest BCUT2D eigenvalue weighted by Crippen LogP contribution is -2.00. The van der Waals surface area contributed by atoms with E-state index in [1.165, 1.54) is 0 Å². The zero-order valence-corrected chi connectivity index (χ0v) is 12.6. The molecule has 3 rings (SSSR count). The number of nitrogens with zero attached hydrogens (tertiary/aromatic N) is 2. The van der Waals surface area contributed by atoms with Crippen molar-refractivity contribution < 1.29 is 4.74 Å². The maximum atomic E-state index is 9.24. The molecule has 0 spiro atoms. The van der Waals surface area contributed by atoms with Gasteiger partial charge in [0.1, 0.15) is 24.1 Å². The maximum Gasteiger partial charge on any atom is 0.144 e. The molecule has 0 bridgehead atoms. The lowest BCUT2D eigenvalue weighted by molar-refractivity contribution is 0.304. The second kappa shape index (κ2) is 7.24. The van der Waals surface area contributed by atoms with Gasteiger partial charge in [-0.25, -0.2) is 4.98 Å². The monoisotopic (exact) mass is 300 g/mol. The fourth-order valence-corrected chi connectivity index (χ4v) is 2.36. The molecule has 1 aromatic heterocycles. The van der Waals surface area contributed by atoms with Crippen LogP contribution in [0.25, 0.3) is 0 Å². The van der Waals surface area contributed by atoms with Gasteiger partial charge in [0.05, 0.1) is 6.20 Å². The Labute approximate surface area is 135 Å². The Morgan fingerprint density at radius 2 is 1.57 bits per heavy atom. The number of aromatic nitrogens is 1. The van der Waals surface area contributed by atoms with Crippen LogP contribution in [0.3, 0.4) is 0 Å². The average molecular weight is 300 g/mol. The molecule has 112 valence electrons. The quantitative estimate of drug-likeness (QED) is 0.712. The summed E-state index contributed by atoms with van der Waals surface area (Å²) in [6.45, 7) is 0.485. The first-order valence-corrected chi connectivity index (χ1v) is 7.45. The average Bonchev–Trinajstić information content (AvgIpc) is 2.62. The Hall–Kier alpha value is -3.12. The van der Waals surface area contributed by atoms with Crippen LogP contribution in [-0.4, -0.2) is 4.98 Å². The van der Waals surface area contributed by atoms with Crippen LogP contribution in [0.15, 0.2) is 72.9 Å². The molecule has 0 saturated carbocycles. The predicted molar refractivity (Wildman–Crippen MR) is 89.0 cm³/mol. The molecule has 0 unspecified atom stereocenters. The summed E-state index contributed by atoms with van der Waals surface area (Å²) in [4.78, 5) is 4.22. The van der Waals surface area contributed by atoms with Crippen LogP contribution >= 0.6 is 0 Å². The van der Waals surface area contributed by atoms with Crippen LogP contribution in [0.1, 0.15) is 22.4 Å². The molecule has 3 aromatic rings. The van der Waals surface area contributed by atoms with Crippen LogP contribution in [0.4, 0.5) is 0 Å². The summed E-state index contributed by atoms with van der Waals surface area (Å²) < 4.78 is 5.80. The van der Waals surface area contributed by atoms with E-state index in [1.54, 1.807) is 6.20 Å². The predicted octanol–water partition coefficient (Wildman–Crippen LogP) is 4.12. The van der Waals surface area contributed by atoms with Gasteiger partial charge in [0, 0.05) is 6.42 Å². The highest BCUT2D eigenvalue weighted by molar-refractivity contribution is 5.39. The molecule has 0 aliphatic carbocycles. The Morgan fingerprint density at radius 3 is 2.22 bits per heavy atom. The lowest BCUT2D eigenvalue weighted by atomic mass is 10.0. The molecule has 0 aliphatic rings. The molecule has 0 saturated heterocycles. The Balaban J connectivity index is 1.77. The van der Waals surface area contributed by atoms with Crippen molar-refractivity contribution in [2.75, 3.05) is 0 Å². The molecule has 0 amide bonds. The number of nitriles is 1. The topological polar surface area (TPSA) is 45.9 Å². The number of hydrogen-bond donors (Lipinski definition) is 0. The van der Waals surface area contributed by atoms with Gasteiger partial charge in [-0.1, -0.05) is 60.7 Å². The van der Waals surface area contributed by atoms with Gasteiger partial charge in [0.25, 0.3) is 0 Å². The summed E-state index contributed by atoms with van der Waals surface area (Å²) in [7, 11) is 0. The first-order chi connectivity index (χ1) is 11.3. The van der Waals surface area contributed by atoms with E-state index in [2.05, 4.69) is 11.1 Å². The summed E-state index contributed by atoms with van der Waals surface area (Å²) in [5, 5.41) is 9.24. The molecule has 0 radical (unpaired) electrons. The summed E-state index contributed by atoms with van der Waals surface area (Å²) in [6.07, 6.45) is 2.27. The van der Waals surface area contributed by atoms with E-state index in [-0.39, 0.29) is 0 Å². The van der Waals surface area contributed by atoms with Crippen molar-refractivity contribution >= 4 is 0 Å². The molecule has 0 fully saturated rings. The normalized spacial score (nSPS) is 10.0. The molecule has 2 aromatic carbocycles. The van der Waals surface area contributed by atoms with Crippen molar-refractivity contribution in [3.8, 4) is 11.8 Å². The molecule has 3 heteroatoms. The number of ether oxygens (including phenoxy) is 1. The molecular weight excluding hydrogens is 284 g/mol. The van der Waals surface area contributed by atoms with Crippen LogP contribution in [0.2, 0.25) is 0 Å². The lowest BCUT2D eigenvalue weighted by Gasteiger charge is -2.09. The Bertz CT molecular complexity index is 808. The van der Waals surface area contributed by atoms with Crippen LogP contribution in [0.5, 0.6) is 5.75 Å². The van der Waals surface area contributed by atoms with Gasteiger partial charge in [-0.05, 0) is 22.8 Å². The van der Waals surface area contributed by atoms with Gasteiger partial charge in [0.15, 0.2) is 0 Å². The fourth-order valence-electron chi connectivity index (χ4n) is 2.36. The number of hydrogen-bond acceptors (Lipinski definition) is 3. The summed E-state index contributed by atoms with van der Waals surface area (Å²) in [5.41, 5.74) is 3.57. The van der Waals surface area contributed by atoms with Crippen molar-refractivity contribution in [3.05, 3.63) is 95.3 Å². The number of pyridine rings is 1. The second-order valence-electron chi connectivity index (χ2n) is 5.23. The zero-order valence-electron chi connectivity index (χ0n) is 12.6. The highest BCUT2D eigenvalue weighted by atomic mass is 16.5. The van der Waals surface area contributed by atoms with Crippen molar-refractivity contribution in [3.63, 3.8) is 0 Å². The second-order valence-corrected chi connectivity index (χ2v) is 5.23. The molecule has 3 nitrogen and oxygen atoms in total. The third-order valence-electron chi connectivity index (χ3n) is 3.53. The fraction of sp³-hybridized carbons (Fsp3) is 0.100. The standard InChI is InChI=1S/C20H16N2O/c21-13-20-18(11-16-7-3-1-4-8-16)12-19(14-22-20)23-15-17-9-5-2-6-10-17/h1-10,12,14H,11,15H2. The molecular formula is C20H16N2O. The van der Waals surface area contributed by atoms with E-state index in [9.17, 15) is 5.26 Å². The first kappa shape index (κ1) is 14.8. The summed E-state index contributed by atoms with van der Waals surface area (Å²) >= 11 is 0. The van der Waals surface area contributed by atoms with Crippen molar-refractivity contribution in [1.29, 1.82) is 5.26 Å². The molecule has 1 heterocycles. The third-order valence-corrected chi connectivity index (χ3v) is 3.53. The van der Waals surface area contributed by atoms with Gasteiger partial charge in [-0.15, -0.1) is 0 Å². The van der Waals surface area contributed by atoms with Gasteiger partial charge in [-0.3, -0.25) is 0 Å². The van der Waals surface area contributed by atoms with E-state index in [0.29, 0.717) is 24.5 Å². The Kier molecular flexibility index (Phi) is 4.66. The third kappa shape index (κ3) is 3.96. The first-order valence-electron chi connectivity index (χ1n) is 7.45. The smallest absolute Gasteiger partial charge is 0.144 e. The van der Waals surface area contributed by atoms with Crippen molar-refractivity contribution in [1.82, 2.24) is 4.98 Å². The van der Waals surface area contributed by atoms with Crippen LogP contribution < -0.4 is 4.74 Å². The van der Waals surface area contributed by atoms with Crippen molar-refractivity contribution in [2.24, 2.45) is 0 Å². The van der Waals surface area contributed by atoms with Gasteiger partial charge in [0.2, 0.25) is 0 Å². The summed E-state index contributed by atoms with van der Waals surface area (Å²) in [5.74, 6) is 0.679. The van der Waals surface area contributed by atoms with E-state index >= 15 is 0 Å². The van der Waals surface area contributed by atoms with E-state index in [4.69, 9.17) is 4.74 Å². The highest BCUT2D eigenvalue weighted by Gasteiger charge is 2.07. The molecule has 0 atom stereocenters. The van der Waals surface area contributed by atoms with Gasteiger partial charge >= 0.3 is 0 Å². The van der Waals surface area contributed by atoms with Crippen LogP contribution in [0, 0.1) is 11.3 Å². The molecule has 0 aliphatic heterocycles. The maximum absolute atomic E-state index is 9.24. The minimum absolute atomic E-state index is 0.445. The molecule has 0 N–H and O–H groups in total. The van der Waals surface area contributed by atoms with E-state index in [0.717, 1.165) is 16.7 Å². The Morgan fingerprint density at radius 1 is 0.913 bits per heavy atom. The zero-order chi connectivity index (χ0) is 15.9. The largest absolute Gasteiger partial charge is 0.487 e. The number of benzene rings is 2.